The van der Waals surface area contributed by atoms with E-state index in [2.05, 4.69) is 0 Å². The van der Waals surface area contributed by atoms with E-state index >= 15 is 0 Å². The molecular weight excluding hydrogens is 224 g/mol. The second-order valence-electron chi connectivity index (χ2n) is 4.65. The van der Waals surface area contributed by atoms with Crippen molar-refractivity contribution in [2.75, 3.05) is 28.4 Å². The third-order valence-corrected chi connectivity index (χ3v) is 4.11. The monoisotopic (exact) mass is 246 g/mol. The molecule has 0 aromatic heterocycles. The molecule has 1 spiro atoms. The van der Waals surface area contributed by atoms with E-state index in [4.69, 9.17) is 23.7 Å². The van der Waals surface area contributed by atoms with Crippen LogP contribution in [0.1, 0.15) is 32.1 Å². The number of ether oxygens (including phenoxy) is 5. The van der Waals surface area contributed by atoms with Crippen molar-refractivity contribution in [3.8, 4) is 0 Å². The molecular formula is C12H22O5. The molecule has 0 radical (unpaired) electrons. The van der Waals surface area contributed by atoms with Crippen LogP contribution in [0.4, 0.5) is 0 Å². The SMILES string of the molecule is COC1(OC)OC2(CCCCC2)C1(OC)OC. The highest BCUT2D eigenvalue weighted by molar-refractivity contribution is 5.12. The third kappa shape index (κ3) is 1.43. The predicted octanol–water partition coefficient (Wildman–Crippen LogP) is 1.66. The molecule has 5 heteroatoms. The zero-order valence-corrected chi connectivity index (χ0v) is 11.1. The molecule has 1 saturated carbocycles. The summed E-state index contributed by atoms with van der Waals surface area (Å²) in [4.78, 5) is 0. The first kappa shape index (κ1) is 13.2. The zero-order valence-electron chi connectivity index (χ0n) is 11.1. The van der Waals surface area contributed by atoms with Gasteiger partial charge in [-0.1, -0.05) is 19.3 Å². The molecule has 0 bridgehead atoms. The molecule has 1 saturated heterocycles. The summed E-state index contributed by atoms with van der Waals surface area (Å²) in [5.74, 6) is -2.24. The Bertz CT molecular complexity index is 264. The molecule has 2 aliphatic rings. The highest BCUT2D eigenvalue weighted by atomic mass is 17.0. The van der Waals surface area contributed by atoms with Crippen LogP contribution in [0.3, 0.4) is 0 Å². The third-order valence-electron chi connectivity index (χ3n) is 4.11. The van der Waals surface area contributed by atoms with E-state index in [1.165, 1.54) is 20.6 Å². The minimum absolute atomic E-state index is 0.444. The van der Waals surface area contributed by atoms with E-state index < -0.39 is 17.4 Å². The molecule has 0 aromatic carbocycles. The molecule has 0 unspecified atom stereocenters. The Labute approximate surface area is 102 Å². The van der Waals surface area contributed by atoms with Crippen LogP contribution in [0.25, 0.3) is 0 Å². The van der Waals surface area contributed by atoms with Crippen LogP contribution in [0, 0.1) is 0 Å². The van der Waals surface area contributed by atoms with Gasteiger partial charge >= 0.3 is 5.97 Å². The second-order valence-corrected chi connectivity index (χ2v) is 4.65. The van der Waals surface area contributed by atoms with Crippen molar-refractivity contribution in [1.29, 1.82) is 0 Å². The van der Waals surface area contributed by atoms with E-state index in [1.54, 1.807) is 14.2 Å². The van der Waals surface area contributed by atoms with Gasteiger partial charge in [-0.05, 0) is 12.8 Å². The summed E-state index contributed by atoms with van der Waals surface area (Å²) in [5.41, 5.74) is -0.444. The van der Waals surface area contributed by atoms with Crippen LogP contribution in [0.5, 0.6) is 0 Å². The maximum atomic E-state index is 5.96. The lowest BCUT2D eigenvalue weighted by Crippen LogP contribution is -2.84. The number of hydrogen-bond acceptors (Lipinski definition) is 5. The summed E-state index contributed by atoms with van der Waals surface area (Å²) in [6, 6.07) is 0. The highest BCUT2D eigenvalue weighted by Crippen LogP contribution is 2.59. The first-order valence-electron chi connectivity index (χ1n) is 6.06. The van der Waals surface area contributed by atoms with Crippen molar-refractivity contribution in [2.45, 2.75) is 49.5 Å². The van der Waals surface area contributed by atoms with Crippen LogP contribution < -0.4 is 0 Å². The Morgan fingerprint density at radius 1 is 0.765 bits per heavy atom. The summed E-state index contributed by atoms with van der Waals surface area (Å²) < 4.78 is 27.9. The average Bonchev–Trinajstić information content (AvgIpc) is 2.38. The molecule has 0 amide bonds. The molecule has 0 atom stereocenters. The molecule has 17 heavy (non-hydrogen) atoms. The van der Waals surface area contributed by atoms with Gasteiger partial charge in [-0.3, -0.25) is 0 Å². The molecule has 5 nitrogen and oxygen atoms in total. The Morgan fingerprint density at radius 2 is 1.29 bits per heavy atom. The molecule has 1 heterocycles. The average molecular weight is 246 g/mol. The van der Waals surface area contributed by atoms with Crippen molar-refractivity contribution in [1.82, 2.24) is 0 Å². The highest BCUT2D eigenvalue weighted by Gasteiger charge is 2.80. The molecule has 2 fully saturated rings. The number of methoxy groups -OCH3 is 4. The molecule has 1 aliphatic heterocycles. The Morgan fingerprint density at radius 3 is 1.71 bits per heavy atom. The van der Waals surface area contributed by atoms with Gasteiger partial charge in [-0.25, -0.2) is 0 Å². The van der Waals surface area contributed by atoms with Gasteiger partial charge in [0.1, 0.15) is 5.60 Å². The van der Waals surface area contributed by atoms with Crippen molar-refractivity contribution in [3.05, 3.63) is 0 Å². The van der Waals surface area contributed by atoms with Gasteiger partial charge in [0.2, 0.25) is 0 Å². The summed E-state index contributed by atoms with van der Waals surface area (Å²) in [7, 11) is 6.28. The first-order chi connectivity index (χ1) is 8.16. The van der Waals surface area contributed by atoms with Gasteiger partial charge in [-0.15, -0.1) is 0 Å². The van der Waals surface area contributed by atoms with Crippen LogP contribution in [-0.4, -0.2) is 45.8 Å². The van der Waals surface area contributed by atoms with Crippen molar-refractivity contribution >= 4 is 0 Å². The van der Waals surface area contributed by atoms with Gasteiger partial charge in [0.15, 0.2) is 0 Å². The summed E-state index contributed by atoms with van der Waals surface area (Å²) in [5, 5.41) is 0. The standard InChI is InChI=1S/C12H22O5/c1-13-11(14-2)10(8-6-5-7-9-10)17-12(11,15-3)16-4/h5-9H2,1-4H3. The smallest absolute Gasteiger partial charge is 0.344 e. The van der Waals surface area contributed by atoms with Crippen molar-refractivity contribution < 1.29 is 23.7 Å². The second kappa shape index (κ2) is 4.48. The van der Waals surface area contributed by atoms with E-state index in [0.29, 0.717) is 0 Å². The van der Waals surface area contributed by atoms with Crippen LogP contribution in [0.2, 0.25) is 0 Å². The van der Waals surface area contributed by atoms with E-state index in [-0.39, 0.29) is 0 Å². The summed E-state index contributed by atoms with van der Waals surface area (Å²) in [6.45, 7) is 0. The minimum Gasteiger partial charge on any atom is -0.344 e. The number of rotatable bonds is 4. The topological polar surface area (TPSA) is 46.2 Å². The minimum atomic E-state index is -1.26. The van der Waals surface area contributed by atoms with Crippen LogP contribution in [0.15, 0.2) is 0 Å². The summed E-state index contributed by atoms with van der Waals surface area (Å²) in [6.07, 6.45) is 5.25. The normalized spacial score (nSPS) is 28.9. The van der Waals surface area contributed by atoms with Gasteiger partial charge in [0.25, 0.3) is 5.79 Å². The zero-order chi connectivity index (χ0) is 12.6. The Balaban J connectivity index is 2.32. The fourth-order valence-electron chi connectivity index (χ4n) is 3.32. The number of hydrogen-bond donors (Lipinski definition) is 0. The van der Waals surface area contributed by atoms with Gasteiger partial charge in [0.05, 0.1) is 0 Å². The Hall–Kier alpha value is -0.200. The lowest BCUT2D eigenvalue weighted by atomic mass is 9.72. The Kier molecular flexibility index (Phi) is 3.49. The molecule has 2 rings (SSSR count). The molecule has 0 aromatic rings. The predicted molar refractivity (Wildman–Crippen MR) is 60.4 cm³/mol. The maximum Gasteiger partial charge on any atom is 0.344 e. The van der Waals surface area contributed by atoms with Crippen molar-refractivity contribution in [3.63, 3.8) is 0 Å². The maximum absolute atomic E-state index is 5.96. The van der Waals surface area contributed by atoms with E-state index in [0.717, 1.165) is 25.7 Å². The first-order valence-corrected chi connectivity index (χ1v) is 6.06. The van der Waals surface area contributed by atoms with Crippen LogP contribution in [-0.2, 0) is 23.7 Å². The van der Waals surface area contributed by atoms with E-state index in [1.807, 2.05) is 0 Å². The lowest BCUT2D eigenvalue weighted by Gasteiger charge is -2.65. The van der Waals surface area contributed by atoms with Crippen LogP contribution >= 0.6 is 0 Å². The summed E-state index contributed by atoms with van der Waals surface area (Å²) >= 11 is 0. The fourth-order valence-corrected chi connectivity index (χ4v) is 3.32. The quantitative estimate of drug-likeness (QED) is 0.706. The van der Waals surface area contributed by atoms with Gasteiger partial charge < -0.3 is 23.7 Å². The van der Waals surface area contributed by atoms with Gasteiger partial charge in [0, 0.05) is 28.4 Å². The van der Waals surface area contributed by atoms with E-state index in [9.17, 15) is 0 Å². The molecule has 100 valence electrons. The molecule has 1 aliphatic carbocycles. The molecule has 0 N–H and O–H groups in total. The van der Waals surface area contributed by atoms with Crippen molar-refractivity contribution in [2.24, 2.45) is 0 Å². The lowest BCUT2D eigenvalue weighted by molar-refractivity contribution is -0.615. The fraction of sp³-hybridized carbons (Fsp3) is 1.00. The largest absolute Gasteiger partial charge is 0.344 e. The van der Waals surface area contributed by atoms with Gasteiger partial charge in [-0.2, -0.15) is 0 Å².